The average molecular weight is 349 g/mol. The van der Waals surface area contributed by atoms with Crippen LogP contribution in [-0.4, -0.2) is 25.5 Å². The van der Waals surface area contributed by atoms with Gasteiger partial charge in [0.15, 0.2) is 5.82 Å². The molecule has 0 aliphatic carbocycles. The SMILES string of the molecule is CCCc1nc(C[S@@](=O)[C@H](C)C(=O)NCc2ccc(C)cc2)no1. The summed E-state index contributed by atoms with van der Waals surface area (Å²) in [6.45, 7) is 6.09. The van der Waals surface area contributed by atoms with E-state index in [1.165, 1.54) is 5.56 Å². The lowest BCUT2D eigenvalue weighted by Gasteiger charge is -2.11. The van der Waals surface area contributed by atoms with Gasteiger partial charge in [-0.05, 0) is 25.8 Å². The second kappa shape index (κ2) is 8.73. The van der Waals surface area contributed by atoms with E-state index < -0.39 is 16.0 Å². The minimum atomic E-state index is -1.40. The molecule has 0 saturated carbocycles. The fraction of sp³-hybridized carbons (Fsp3) is 0.471. The molecule has 0 aliphatic rings. The second-order valence-corrected chi connectivity index (χ2v) is 7.48. The summed E-state index contributed by atoms with van der Waals surface area (Å²) in [5, 5.41) is 5.99. The molecule has 7 heteroatoms. The van der Waals surface area contributed by atoms with E-state index in [-0.39, 0.29) is 11.7 Å². The number of aromatic nitrogens is 2. The number of hydrogen-bond donors (Lipinski definition) is 1. The van der Waals surface area contributed by atoms with Gasteiger partial charge in [-0.2, -0.15) is 4.98 Å². The van der Waals surface area contributed by atoms with Crippen LogP contribution in [0.1, 0.15) is 43.1 Å². The highest BCUT2D eigenvalue weighted by Gasteiger charge is 2.21. The van der Waals surface area contributed by atoms with Crippen LogP contribution in [0.15, 0.2) is 28.8 Å². The molecule has 0 fully saturated rings. The van der Waals surface area contributed by atoms with Crippen molar-refractivity contribution in [2.45, 2.75) is 51.2 Å². The van der Waals surface area contributed by atoms with Crippen LogP contribution in [0.3, 0.4) is 0 Å². The van der Waals surface area contributed by atoms with Gasteiger partial charge in [-0.1, -0.05) is 41.9 Å². The van der Waals surface area contributed by atoms with Crippen molar-refractivity contribution in [3.8, 4) is 0 Å². The quantitative estimate of drug-likeness (QED) is 0.790. The lowest BCUT2D eigenvalue weighted by atomic mass is 10.1. The number of nitrogens with zero attached hydrogens (tertiary/aromatic N) is 2. The topological polar surface area (TPSA) is 85.1 Å². The Morgan fingerprint density at radius 1 is 1.33 bits per heavy atom. The van der Waals surface area contributed by atoms with Crippen molar-refractivity contribution in [1.29, 1.82) is 0 Å². The molecular weight excluding hydrogens is 326 g/mol. The van der Waals surface area contributed by atoms with Crippen molar-refractivity contribution < 1.29 is 13.5 Å². The third-order valence-corrected chi connectivity index (χ3v) is 5.14. The fourth-order valence-electron chi connectivity index (χ4n) is 2.07. The van der Waals surface area contributed by atoms with E-state index in [1.54, 1.807) is 6.92 Å². The molecule has 0 unspecified atom stereocenters. The van der Waals surface area contributed by atoms with Gasteiger partial charge in [0.25, 0.3) is 0 Å². The van der Waals surface area contributed by atoms with Gasteiger partial charge < -0.3 is 9.84 Å². The number of hydrogen-bond acceptors (Lipinski definition) is 5. The monoisotopic (exact) mass is 349 g/mol. The van der Waals surface area contributed by atoms with E-state index in [0.29, 0.717) is 24.7 Å². The number of amides is 1. The molecule has 0 radical (unpaired) electrons. The molecule has 6 nitrogen and oxygen atoms in total. The van der Waals surface area contributed by atoms with Crippen molar-refractivity contribution in [2.24, 2.45) is 0 Å². The van der Waals surface area contributed by atoms with Gasteiger partial charge in [0.05, 0.1) is 5.75 Å². The first-order valence-corrected chi connectivity index (χ1v) is 9.39. The molecule has 0 spiro atoms. The number of rotatable bonds is 8. The lowest BCUT2D eigenvalue weighted by Crippen LogP contribution is -2.35. The summed E-state index contributed by atoms with van der Waals surface area (Å²) in [7, 11) is -1.40. The van der Waals surface area contributed by atoms with E-state index in [0.717, 1.165) is 12.0 Å². The Bertz CT molecular complexity index is 697. The van der Waals surface area contributed by atoms with Gasteiger partial charge in [0.2, 0.25) is 11.8 Å². The van der Waals surface area contributed by atoms with Gasteiger partial charge in [0, 0.05) is 23.8 Å². The van der Waals surface area contributed by atoms with E-state index in [1.807, 2.05) is 38.1 Å². The minimum absolute atomic E-state index is 0.117. The molecule has 0 bridgehead atoms. The summed E-state index contributed by atoms with van der Waals surface area (Å²) < 4.78 is 17.4. The first kappa shape index (κ1) is 18.3. The van der Waals surface area contributed by atoms with Crippen molar-refractivity contribution in [3.05, 3.63) is 47.1 Å². The molecule has 1 heterocycles. The molecule has 130 valence electrons. The van der Waals surface area contributed by atoms with Crippen LogP contribution in [0.2, 0.25) is 0 Å². The third kappa shape index (κ3) is 5.26. The Balaban J connectivity index is 1.84. The zero-order valence-corrected chi connectivity index (χ0v) is 15.1. The van der Waals surface area contributed by atoms with Crippen molar-refractivity contribution in [3.63, 3.8) is 0 Å². The number of carbonyl (C=O) groups is 1. The van der Waals surface area contributed by atoms with Crippen LogP contribution in [0.4, 0.5) is 0 Å². The lowest BCUT2D eigenvalue weighted by molar-refractivity contribution is -0.120. The highest BCUT2D eigenvalue weighted by Crippen LogP contribution is 2.08. The summed E-state index contributed by atoms with van der Waals surface area (Å²) in [5.41, 5.74) is 2.18. The van der Waals surface area contributed by atoms with Crippen LogP contribution >= 0.6 is 0 Å². The van der Waals surface area contributed by atoms with Gasteiger partial charge in [-0.15, -0.1) is 0 Å². The molecule has 1 aromatic heterocycles. The normalized spacial score (nSPS) is 13.5. The van der Waals surface area contributed by atoms with Crippen molar-refractivity contribution >= 4 is 16.7 Å². The molecule has 0 saturated heterocycles. The molecule has 1 amide bonds. The molecule has 1 N–H and O–H groups in total. The standard InChI is InChI=1S/C17H23N3O3S/c1-4-5-16-19-15(20-23-16)11-24(22)13(3)17(21)18-10-14-8-6-12(2)7-9-14/h6-9,13H,4-5,10-11H2,1-3H3,(H,18,21)/t13-,24-/m1/s1. The largest absolute Gasteiger partial charge is 0.351 e. The Morgan fingerprint density at radius 2 is 2.04 bits per heavy atom. The maximum Gasteiger partial charge on any atom is 0.235 e. The van der Waals surface area contributed by atoms with Gasteiger partial charge in [-0.25, -0.2) is 0 Å². The molecule has 2 rings (SSSR count). The summed E-state index contributed by atoms with van der Waals surface area (Å²) in [4.78, 5) is 16.3. The van der Waals surface area contributed by atoms with Crippen molar-refractivity contribution in [1.82, 2.24) is 15.5 Å². The highest BCUT2D eigenvalue weighted by molar-refractivity contribution is 7.85. The van der Waals surface area contributed by atoms with Crippen LogP contribution in [-0.2, 0) is 34.3 Å². The second-order valence-electron chi connectivity index (χ2n) is 5.73. The molecule has 1 aromatic carbocycles. The zero-order valence-electron chi connectivity index (χ0n) is 14.2. The molecule has 2 aromatic rings. The number of aryl methyl sites for hydroxylation is 2. The van der Waals surface area contributed by atoms with Gasteiger partial charge in [-0.3, -0.25) is 9.00 Å². The third-order valence-electron chi connectivity index (χ3n) is 3.60. The van der Waals surface area contributed by atoms with E-state index in [4.69, 9.17) is 4.52 Å². The van der Waals surface area contributed by atoms with Crippen LogP contribution in [0, 0.1) is 6.92 Å². The molecule has 24 heavy (non-hydrogen) atoms. The number of benzene rings is 1. The molecular formula is C17H23N3O3S. The average Bonchev–Trinajstić information content (AvgIpc) is 3.00. The molecule has 2 atom stereocenters. The number of carbonyl (C=O) groups excluding carboxylic acids is 1. The Kier molecular flexibility index (Phi) is 6.66. The van der Waals surface area contributed by atoms with Gasteiger partial charge in [0.1, 0.15) is 5.25 Å². The first-order valence-electron chi connectivity index (χ1n) is 8.01. The Hall–Kier alpha value is -2.02. The highest BCUT2D eigenvalue weighted by atomic mass is 32.2. The summed E-state index contributed by atoms with van der Waals surface area (Å²) in [6, 6.07) is 7.91. The predicted molar refractivity (Wildman–Crippen MR) is 92.6 cm³/mol. The van der Waals surface area contributed by atoms with Crippen molar-refractivity contribution in [2.75, 3.05) is 0 Å². The number of nitrogens with one attached hydrogen (secondary N) is 1. The zero-order chi connectivity index (χ0) is 17.5. The van der Waals surface area contributed by atoms with Gasteiger partial charge >= 0.3 is 0 Å². The first-order chi connectivity index (χ1) is 11.5. The Labute approximate surface area is 144 Å². The van der Waals surface area contributed by atoms with E-state index in [9.17, 15) is 9.00 Å². The Morgan fingerprint density at radius 3 is 2.71 bits per heavy atom. The maximum atomic E-state index is 12.3. The smallest absolute Gasteiger partial charge is 0.235 e. The maximum absolute atomic E-state index is 12.3. The molecule has 0 aliphatic heterocycles. The van der Waals surface area contributed by atoms with E-state index >= 15 is 0 Å². The predicted octanol–water partition coefficient (Wildman–Crippen LogP) is 2.28. The van der Waals surface area contributed by atoms with E-state index in [2.05, 4.69) is 15.5 Å². The van der Waals surface area contributed by atoms with Crippen LogP contribution in [0.5, 0.6) is 0 Å². The summed E-state index contributed by atoms with van der Waals surface area (Å²) in [6.07, 6.45) is 1.61. The van der Waals surface area contributed by atoms with Crippen LogP contribution < -0.4 is 5.32 Å². The fourth-order valence-corrected chi connectivity index (χ4v) is 3.02. The van der Waals surface area contributed by atoms with Crippen LogP contribution in [0.25, 0.3) is 0 Å². The summed E-state index contributed by atoms with van der Waals surface area (Å²) in [5.74, 6) is 0.800. The minimum Gasteiger partial charge on any atom is -0.351 e. The summed E-state index contributed by atoms with van der Waals surface area (Å²) >= 11 is 0.